The van der Waals surface area contributed by atoms with Crippen molar-refractivity contribution in [1.29, 1.82) is 0 Å². The summed E-state index contributed by atoms with van der Waals surface area (Å²) >= 11 is 0. The third kappa shape index (κ3) is 5.29. The van der Waals surface area contributed by atoms with Gasteiger partial charge in [-0.15, -0.1) is 0 Å². The fourth-order valence-corrected chi connectivity index (χ4v) is 5.06. The Kier molecular flexibility index (Phi) is 6.98. The van der Waals surface area contributed by atoms with Gasteiger partial charge in [-0.05, 0) is 42.7 Å². The molecule has 1 aliphatic carbocycles. The minimum absolute atomic E-state index is 0.0247. The normalized spacial score (nSPS) is 14.0. The predicted octanol–water partition coefficient (Wildman–Crippen LogP) is 6.20. The molecule has 7 nitrogen and oxygen atoms in total. The molecule has 1 saturated carbocycles. The van der Waals surface area contributed by atoms with Crippen molar-refractivity contribution in [2.24, 2.45) is 0 Å². The number of rotatable bonds is 6. The summed E-state index contributed by atoms with van der Waals surface area (Å²) in [6, 6.07) is 12.1. The fourth-order valence-electron chi connectivity index (χ4n) is 5.06. The van der Waals surface area contributed by atoms with E-state index in [1.165, 1.54) is 36.1 Å². The second kappa shape index (κ2) is 10.9. The predicted molar refractivity (Wildman–Crippen MR) is 144 cm³/mol. The summed E-state index contributed by atoms with van der Waals surface area (Å²) in [5.41, 5.74) is 3.12. The van der Waals surface area contributed by atoms with Gasteiger partial charge in [-0.25, -0.2) is 27.8 Å². The highest BCUT2D eigenvalue weighted by molar-refractivity contribution is 5.63. The van der Waals surface area contributed by atoms with E-state index >= 15 is 0 Å². The molecule has 6 rings (SSSR count). The molecule has 1 fully saturated rings. The van der Waals surface area contributed by atoms with E-state index in [4.69, 9.17) is 0 Å². The quantitative estimate of drug-likeness (QED) is 0.239. The van der Waals surface area contributed by atoms with Crippen LogP contribution in [-0.4, -0.2) is 29.5 Å². The van der Waals surface area contributed by atoms with Crippen LogP contribution in [0.3, 0.4) is 0 Å². The average Bonchev–Trinajstić information content (AvgIpc) is 3.48. The lowest BCUT2D eigenvalue weighted by Crippen LogP contribution is -2.22. The lowest BCUT2D eigenvalue weighted by atomic mass is 9.96. The number of aromatic nitrogens is 6. The van der Waals surface area contributed by atoms with Gasteiger partial charge in [-0.1, -0.05) is 37.5 Å². The maximum Gasteiger partial charge on any atom is 0.267 e. The topological polar surface area (TPSA) is 78.5 Å². The molecule has 1 aliphatic rings. The molecule has 0 atom stereocenters. The first-order chi connectivity index (χ1) is 19.4. The Balaban J connectivity index is 1.21. The largest absolute Gasteiger partial charge is 0.269 e. The van der Waals surface area contributed by atoms with Crippen LogP contribution in [0.15, 0.2) is 78.1 Å². The van der Waals surface area contributed by atoms with E-state index in [0.717, 1.165) is 47.2 Å². The zero-order valence-corrected chi connectivity index (χ0v) is 21.5. The molecule has 0 spiro atoms. The first kappa shape index (κ1) is 25.7. The van der Waals surface area contributed by atoms with E-state index in [2.05, 4.69) is 31.0 Å². The first-order valence-corrected chi connectivity index (χ1v) is 13.1. The van der Waals surface area contributed by atoms with Gasteiger partial charge < -0.3 is 0 Å². The van der Waals surface area contributed by atoms with E-state index in [9.17, 15) is 18.0 Å². The Hall–Kier alpha value is -4.60. The average molecular weight is 543 g/mol. The molecule has 10 heteroatoms. The van der Waals surface area contributed by atoms with Crippen LogP contribution in [0.5, 0.6) is 0 Å². The number of hydrogen-bond donors (Lipinski definition) is 0. The zero-order chi connectivity index (χ0) is 27.6. The second-order valence-corrected chi connectivity index (χ2v) is 9.96. The van der Waals surface area contributed by atoms with Gasteiger partial charge in [-0.2, -0.15) is 10.2 Å². The summed E-state index contributed by atoms with van der Waals surface area (Å²) in [7, 11) is 0. The maximum atomic E-state index is 13.7. The van der Waals surface area contributed by atoms with E-state index in [-0.39, 0.29) is 17.8 Å². The first-order valence-electron chi connectivity index (χ1n) is 13.1. The monoisotopic (exact) mass is 542 g/mol. The summed E-state index contributed by atoms with van der Waals surface area (Å²) in [5, 5.41) is 8.81. The number of nitrogens with zero attached hydrogens (tertiary/aromatic N) is 6. The lowest BCUT2D eigenvalue weighted by Gasteiger charge is -2.21. The third-order valence-corrected chi connectivity index (χ3v) is 7.20. The molecule has 0 saturated heterocycles. The van der Waals surface area contributed by atoms with E-state index in [1.807, 2.05) is 30.5 Å². The van der Waals surface area contributed by atoms with Crippen molar-refractivity contribution in [3.8, 4) is 33.8 Å². The molecule has 40 heavy (non-hydrogen) atoms. The van der Waals surface area contributed by atoms with Crippen molar-refractivity contribution in [3.05, 3.63) is 107 Å². The Morgan fingerprint density at radius 1 is 0.800 bits per heavy atom. The van der Waals surface area contributed by atoms with Crippen LogP contribution in [0.2, 0.25) is 0 Å². The van der Waals surface area contributed by atoms with E-state index in [1.54, 1.807) is 12.4 Å². The Bertz CT molecular complexity index is 1700. The van der Waals surface area contributed by atoms with Crippen molar-refractivity contribution in [1.82, 2.24) is 29.5 Å². The molecule has 0 unspecified atom stereocenters. The summed E-state index contributed by atoms with van der Waals surface area (Å²) < 4.78 is 44.1. The SMILES string of the molecule is O=c1ccc(-c2cc(F)c(F)c(F)c2)nn1Cc1cccc(-c2ncc(-c3cnn(C4CCCCC4)c3)cn2)c1. The molecule has 0 radical (unpaired) electrons. The van der Waals surface area contributed by atoms with Crippen LogP contribution < -0.4 is 5.56 Å². The Morgan fingerprint density at radius 2 is 1.55 bits per heavy atom. The molecule has 0 N–H and O–H groups in total. The molecule has 3 aromatic heterocycles. The molecular weight excluding hydrogens is 517 g/mol. The van der Waals surface area contributed by atoms with Crippen LogP contribution in [0.4, 0.5) is 13.2 Å². The standard InChI is InChI=1S/C30H25F3N6O/c31-25-12-21(13-26(32)29(25)33)27-9-10-28(40)39(37-27)17-19-5-4-6-20(11-19)30-34-14-22(15-35-30)23-16-36-38(18-23)24-7-2-1-3-8-24/h4-6,9-16,18,24H,1-3,7-8,17H2. The van der Waals surface area contributed by atoms with Gasteiger partial charge in [0.05, 0.1) is 24.5 Å². The highest BCUT2D eigenvalue weighted by Gasteiger charge is 2.17. The number of halogens is 3. The van der Waals surface area contributed by atoms with Crippen molar-refractivity contribution in [2.75, 3.05) is 0 Å². The molecule has 2 aromatic carbocycles. The molecule has 0 aliphatic heterocycles. The fraction of sp³-hybridized carbons (Fsp3) is 0.233. The maximum absolute atomic E-state index is 13.7. The molecule has 0 amide bonds. The second-order valence-electron chi connectivity index (χ2n) is 9.96. The van der Waals surface area contributed by atoms with Crippen LogP contribution in [0, 0.1) is 17.5 Å². The van der Waals surface area contributed by atoms with Crippen LogP contribution in [-0.2, 0) is 6.54 Å². The minimum Gasteiger partial charge on any atom is -0.269 e. The summed E-state index contributed by atoms with van der Waals surface area (Å²) in [6.45, 7) is 0.102. The van der Waals surface area contributed by atoms with Gasteiger partial charge in [0.25, 0.3) is 5.56 Å². The van der Waals surface area contributed by atoms with Gasteiger partial charge in [0.1, 0.15) is 0 Å². The summed E-state index contributed by atoms with van der Waals surface area (Å²) in [5.74, 6) is -3.69. The number of hydrogen-bond acceptors (Lipinski definition) is 5. The Labute approximate surface area is 228 Å². The van der Waals surface area contributed by atoms with Gasteiger partial charge in [0, 0.05) is 46.9 Å². The molecule has 3 heterocycles. The third-order valence-electron chi connectivity index (χ3n) is 7.20. The van der Waals surface area contributed by atoms with E-state index < -0.39 is 23.0 Å². The van der Waals surface area contributed by atoms with Gasteiger partial charge in [0.15, 0.2) is 23.3 Å². The highest BCUT2D eigenvalue weighted by Crippen LogP contribution is 2.29. The summed E-state index contributed by atoms with van der Waals surface area (Å²) in [4.78, 5) is 21.6. The minimum atomic E-state index is -1.56. The van der Waals surface area contributed by atoms with Crippen molar-refractivity contribution in [3.63, 3.8) is 0 Å². The van der Waals surface area contributed by atoms with Gasteiger partial charge >= 0.3 is 0 Å². The van der Waals surface area contributed by atoms with Crippen LogP contribution in [0.1, 0.15) is 43.7 Å². The van der Waals surface area contributed by atoms with Gasteiger partial charge in [0.2, 0.25) is 0 Å². The number of benzene rings is 2. The van der Waals surface area contributed by atoms with Crippen molar-refractivity contribution in [2.45, 2.75) is 44.7 Å². The van der Waals surface area contributed by atoms with Crippen LogP contribution in [0.25, 0.3) is 33.8 Å². The van der Waals surface area contributed by atoms with Crippen molar-refractivity contribution < 1.29 is 13.2 Å². The summed E-state index contributed by atoms with van der Waals surface area (Å²) in [6.07, 6.45) is 13.5. The zero-order valence-electron chi connectivity index (χ0n) is 21.5. The van der Waals surface area contributed by atoms with E-state index in [0.29, 0.717) is 11.9 Å². The van der Waals surface area contributed by atoms with Gasteiger partial charge in [-0.3, -0.25) is 9.48 Å². The highest BCUT2D eigenvalue weighted by atomic mass is 19.2. The molecular formula is C30H25F3N6O. The van der Waals surface area contributed by atoms with Crippen molar-refractivity contribution >= 4 is 0 Å². The lowest BCUT2D eigenvalue weighted by molar-refractivity contribution is 0.329. The molecule has 202 valence electrons. The molecule has 5 aromatic rings. The smallest absolute Gasteiger partial charge is 0.267 e. The van der Waals surface area contributed by atoms with Crippen LogP contribution >= 0.6 is 0 Å². The Morgan fingerprint density at radius 3 is 2.30 bits per heavy atom. The molecule has 0 bridgehead atoms.